The van der Waals surface area contributed by atoms with Crippen LogP contribution >= 0.6 is 27.3 Å². The highest BCUT2D eigenvalue weighted by molar-refractivity contribution is 9.10. The third-order valence-corrected chi connectivity index (χ3v) is 5.32. The van der Waals surface area contributed by atoms with Gasteiger partial charge in [-0.3, -0.25) is 0 Å². The lowest BCUT2D eigenvalue weighted by Gasteiger charge is -2.20. The van der Waals surface area contributed by atoms with Gasteiger partial charge in [-0.05, 0) is 40.2 Å². The molecule has 1 aromatic rings. The highest BCUT2D eigenvalue weighted by Crippen LogP contribution is 2.26. The fourth-order valence-electron chi connectivity index (χ4n) is 2.38. The number of thiophene rings is 1. The van der Waals surface area contributed by atoms with Crippen molar-refractivity contribution in [3.05, 3.63) is 20.8 Å². The van der Waals surface area contributed by atoms with Crippen LogP contribution in [0.2, 0.25) is 0 Å². The third kappa shape index (κ3) is 3.54. The minimum Gasteiger partial charge on any atom is -0.308 e. The Morgan fingerprint density at radius 3 is 2.94 bits per heavy atom. The summed E-state index contributed by atoms with van der Waals surface area (Å²) in [6.07, 6.45) is 5.93. The van der Waals surface area contributed by atoms with Gasteiger partial charge in [0.1, 0.15) is 0 Å². The quantitative estimate of drug-likeness (QED) is 0.854. The van der Waals surface area contributed by atoms with Crippen molar-refractivity contribution in [1.82, 2.24) is 5.32 Å². The summed E-state index contributed by atoms with van der Waals surface area (Å²) in [7, 11) is 0. The SMILES string of the molecule is N#CC1CCCCCC1NCc1sccc1Br. The zero-order valence-electron chi connectivity index (χ0n) is 9.79. The lowest BCUT2D eigenvalue weighted by molar-refractivity contribution is 0.394. The molecule has 1 N–H and O–H groups in total. The van der Waals surface area contributed by atoms with Crippen molar-refractivity contribution < 1.29 is 0 Å². The summed E-state index contributed by atoms with van der Waals surface area (Å²) in [6, 6.07) is 4.92. The molecule has 17 heavy (non-hydrogen) atoms. The second-order valence-electron chi connectivity index (χ2n) is 4.55. The number of hydrogen-bond donors (Lipinski definition) is 1. The van der Waals surface area contributed by atoms with E-state index in [-0.39, 0.29) is 5.92 Å². The van der Waals surface area contributed by atoms with Crippen molar-refractivity contribution in [2.45, 2.75) is 44.7 Å². The zero-order chi connectivity index (χ0) is 12.1. The molecule has 0 spiro atoms. The molecule has 1 fully saturated rings. The average Bonchev–Trinajstić information content (AvgIpc) is 2.63. The van der Waals surface area contributed by atoms with Gasteiger partial charge in [-0.25, -0.2) is 0 Å². The number of nitriles is 1. The van der Waals surface area contributed by atoms with E-state index in [9.17, 15) is 5.26 Å². The Balaban J connectivity index is 1.92. The van der Waals surface area contributed by atoms with Gasteiger partial charge >= 0.3 is 0 Å². The van der Waals surface area contributed by atoms with Crippen LogP contribution in [-0.4, -0.2) is 6.04 Å². The predicted molar refractivity (Wildman–Crippen MR) is 74.8 cm³/mol. The number of hydrogen-bond acceptors (Lipinski definition) is 3. The Labute approximate surface area is 115 Å². The maximum absolute atomic E-state index is 9.20. The molecule has 2 nitrogen and oxygen atoms in total. The van der Waals surface area contributed by atoms with Crippen LogP contribution in [0.15, 0.2) is 15.9 Å². The largest absolute Gasteiger partial charge is 0.308 e. The minimum atomic E-state index is 0.191. The third-order valence-electron chi connectivity index (χ3n) is 3.40. The van der Waals surface area contributed by atoms with E-state index in [1.807, 2.05) is 0 Å². The predicted octanol–water partition coefficient (Wildman–Crippen LogP) is 4.07. The van der Waals surface area contributed by atoms with E-state index in [0.717, 1.165) is 19.4 Å². The summed E-state index contributed by atoms with van der Waals surface area (Å²) in [4.78, 5) is 1.32. The summed E-state index contributed by atoms with van der Waals surface area (Å²) in [5, 5.41) is 14.9. The second kappa shape index (κ2) is 6.53. The van der Waals surface area contributed by atoms with Crippen LogP contribution in [0.5, 0.6) is 0 Å². The van der Waals surface area contributed by atoms with Crippen LogP contribution in [0.25, 0.3) is 0 Å². The smallest absolute Gasteiger partial charge is 0.0672 e. The van der Waals surface area contributed by atoms with Gasteiger partial charge in [0.05, 0.1) is 12.0 Å². The van der Waals surface area contributed by atoms with Gasteiger partial charge in [0.15, 0.2) is 0 Å². The molecule has 2 unspecified atom stereocenters. The first-order valence-electron chi connectivity index (χ1n) is 6.16. The standard InChI is InChI=1S/C13H17BrN2S/c14-11-6-7-17-13(11)9-16-12-5-3-1-2-4-10(12)8-15/h6-7,10,12,16H,1-5,9H2. The molecular weight excluding hydrogens is 296 g/mol. The molecule has 4 heteroatoms. The molecule has 0 radical (unpaired) electrons. The van der Waals surface area contributed by atoms with Crippen molar-refractivity contribution in [1.29, 1.82) is 5.26 Å². The molecule has 0 aliphatic heterocycles. The van der Waals surface area contributed by atoms with Crippen molar-refractivity contribution in [2.24, 2.45) is 5.92 Å². The Morgan fingerprint density at radius 2 is 2.24 bits per heavy atom. The summed E-state index contributed by atoms with van der Waals surface area (Å²) >= 11 is 5.30. The first-order chi connectivity index (χ1) is 8.31. The number of halogens is 1. The average molecular weight is 313 g/mol. The lowest BCUT2D eigenvalue weighted by Crippen LogP contribution is -2.34. The zero-order valence-corrected chi connectivity index (χ0v) is 12.2. The first-order valence-corrected chi connectivity index (χ1v) is 7.83. The highest BCUT2D eigenvalue weighted by Gasteiger charge is 2.23. The Kier molecular flexibility index (Phi) is 5.02. The van der Waals surface area contributed by atoms with Gasteiger partial charge < -0.3 is 5.32 Å². The maximum Gasteiger partial charge on any atom is 0.0672 e. The van der Waals surface area contributed by atoms with Gasteiger partial charge in [-0.2, -0.15) is 5.26 Å². The van der Waals surface area contributed by atoms with E-state index in [2.05, 4.69) is 38.8 Å². The van der Waals surface area contributed by atoms with Crippen molar-refractivity contribution >= 4 is 27.3 Å². The van der Waals surface area contributed by atoms with Crippen molar-refractivity contribution in [2.75, 3.05) is 0 Å². The molecule has 0 amide bonds. The topological polar surface area (TPSA) is 35.8 Å². The van der Waals surface area contributed by atoms with E-state index in [1.54, 1.807) is 11.3 Å². The van der Waals surface area contributed by atoms with E-state index >= 15 is 0 Å². The molecule has 1 aliphatic carbocycles. The number of nitrogens with one attached hydrogen (secondary N) is 1. The van der Waals surface area contributed by atoms with E-state index < -0.39 is 0 Å². The van der Waals surface area contributed by atoms with Crippen molar-refractivity contribution in [3.8, 4) is 6.07 Å². The summed E-state index contributed by atoms with van der Waals surface area (Å²) < 4.78 is 1.18. The molecule has 1 saturated carbocycles. The van der Waals surface area contributed by atoms with Crippen LogP contribution in [0.3, 0.4) is 0 Å². The molecule has 92 valence electrons. The monoisotopic (exact) mass is 312 g/mol. The molecule has 0 bridgehead atoms. The summed E-state index contributed by atoms with van der Waals surface area (Å²) in [5.74, 6) is 0.191. The Hall–Kier alpha value is -0.370. The number of nitrogens with zero attached hydrogens (tertiary/aromatic N) is 1. The Bertz CT molecular complexity index is 396. The summed E-state index contributed by atoms with van der Waals surface area (Å²) in [5.41, 5.74) is 0. The highest BCUT2D eigenvalue weighted by atomic mass is 79.9. The van der Waals surface area contributed by atoms with Gasteiger partial charge in [-0.1, -0.05) is 19.3 Å². The molecule has 0 saturated heterocycles. The van der Waals surface area contributed by atoms with Crippen molar-refractivity contribution in [3.63, 3.8) is 0 Å². The molecule has 0 aromatic carbocycles. The molecule has 1 aromatic heterocycles. The van der Waals surface area contributed by atoms with Crippen LogP contribution in [0.1, 0.15) is 37.0 Å². The van der Waals surface area contributed by atoms with E-state index in [1.165, 1.54) is 28.6 Å². The molecule has 1 aliphatic rings. The Morgan fingerprint density at radius 1 is 1.41 bits per heavy atom. The van der Waals surface area contributed by atoms with Gasteiger partial charge in [0.2, 0.25) is 0 Å². The summed E-state index contributed by atoms with van der Waals surface area (Å²) in [6.45, 7) is 0.876. The second-order valence-corrected chi connectivity index (χ2v) is 6.41. The van der Waals surface area contributed by atoms with Gasteiger partial charge in [0, 0.05) is 21.9 Å². The van der Waals surface area contributed by atoms with Crippen LogP contribution in [0, 0.1) is 17.2 Å². The van der Waals surface area contributed by atoms with E-state index in [0.29, 0.717) is 6.04 Å². The molecule has 2 atom stereocenters. The minimum absolute atomic E-state index is 0.191. The fraction of sp³-hybridized carbons (Fsp3) is 0.615. The molecular formula is C13H17BrN2S. The first kappa shape index (κ1) is 13.1. The number of rotatable bonds is 3. The molecule has 2 rings (SSSR count). The fourth-order valence-corrected chi connectivity index (χ4v) is 3.82. The van der Waals surface area contributed by atoms with Crippen LogP contribution in [-0.2, 0) is 6.54 Å². The normalized spacial score (nSPS) is 25.2. The van der Waals surface area contributed by atoms with Gasteiger partial charge in [0.25, 0.3) is 0 Å². The van der Waals surface area contributed by atoms with E-state index in [4.69, 9.17) is 0 Å². The van der Waals surface area contributed by atoms with Crippen LogP contribution < -0.4 is 5.32 Å². The van der Waals surface area contributed by atoms with Crippen LogP contribution in [0.4, 0.5) is 0 Å². The maximum atomic E-state index is 9.20. The van der Waals surface area contributed by atoms with Gasteiger partial charge in [-0.15, -0.1) is 11.3 Å². The molecule has 1 heterocycles. The lowest BCUT2D eigenvalue weighted by atomic mass is 9.96.